The smallest absolute Gasteiger partial charge is 0.186 e. The second-order valence-electron chi connectivity index (χ2n) is 7.38. The summed E-state index contributed by atoms with van der Waals surface area (Å²) in [5.41, 5.74) is 0. The molecule has 1 fully saturated rings. The number of aliphatic hydroxyl groups excluding tert-OH is 6. The van der Waals surface area contributed by atoms with E-state index in [-0.39, 0.29) is 12.9 Å². The van der Waals surface area contributed by atoms with Gasteiger partial charge >= 0.3 is 0 Å². The zero-order chi connectivity index (χ0) is 21.8. The number of rotatable bonds is 15. The lowest BCUT2D eigenvalue weighted by atomic mass is 9.99. The van der Waals surface area contributed by atoms with Crippen LogP contribution in [0.2, 0.25) is 0 Å². The van der Waals surface area contributed by atoms with E-state index in [1.54, 1.807) is 0 Å². The molecule has 29 heavy (non-hydrogen) atoms. The van der Waals surface area contributed by atoms with Crippen molar-refractivity contribution < 1.29 is 49.6 Å². The molecule has 0 aliphatic carbocycles. The third-order valence-corrected chi connectivity index (χ3v) is 4.91. The van der Waals surface area contributed by atoms with Gasteiger partial charge in [0, 0.05) is 6.61 Å². The van der Waals surface area contributed by atoms with Crippen molar-refractivity contribution in [2.24, 2.45) is 0 Å². The number of carbonyl (C=O) groups excluding carboxylic acids is 1. The van der Waals surface area contributed by atoms with Crippen LogP contribution >= 0.6 is 0 Å². The fourth-order valence-electron chi connectivity index (χ4n) is 2.98. The Kier molecular flexibility index (Phi) is 13.0. The number of unbranched alkanes of at least 4 members (excludes halogenated alkanes) is 5. The van der Waals surface area contributed by atoms with Gasteiger partial charge in [-0.2, -0.15) is 0 Å². The number of aldehydes is 1. The highest BCUT2D eigenvalue weighted by Crippen LogP contribution is 2.23. The van der Waals surface area contributed by atoms with Crippen LogP contribution < -0.4 is 0 Å². The predicted molar refractivity (Wildman–Crippen MR) is 101 cm³/mol. The van der Waals surface area contributed by atoms with Crippen LogP contribution in [0.1, 0.15) is 45.4 Å². The van der Waals surface area contributed by atoms with Crippen LogP contribution in [0.4, 0.5) is 0 Å². The second kappa shape index (κ2) is 14.3. The van der Waals surface area contributed by atoms with E-state index in [4.69, 9.17) is 14.2 Å². The summed E-state index contributed by atoms with van der Waals surface area (Å²) in [4.78, 5) is 10.4. The third-order valence-electron chi connectivity index (χ3n) is 4.91. The molecule has 1 heterocycles. The Labute approximate surface area is 171 Å². The van der Waals surface area contributed by atoms with E-state index in [2.05, 4.69) is 6.92 Å². The Morgan fingerprint density at radius 1 is 0.966 bits per heavy atom. The average Bonchev–Trinajstić information content (AvgIpc) is 2.73. The number of carbonyl (C=O) groups is 1. The first-order valence-electron chi connectivity index (χ1n) is 10.2. The Morgan fingerprint density at radius 2 is 1.62 bits per heavy atom. The molecule has 0 aromatic rings. The minimum Gasteiger partial charge on any atom is -0.388 e. The quantitative estimate of drug-likeness (QED) is 0.134. The molecule has 1 aliphatic heterocycles. The van der Waals surface area contributed by atoms with Crippen molar-refractivity contribution in [1.82, 2.24) is 0 Å². The SMILES string of the molecule is CCCCCCCCOCC1OC(OCC(O)C(O)C(O)C=O)C(O)C(O)C1O. The minimum absolute atomic E-state index is 0.0190. The highest BCUT2D eigenvalue weighted by atomic mass is 16.7. The van der Waals surface area contributed by atoms with Gasteiger partial charge in [0.1, 0.15) is 42.7 Å². The van der Waals surface area contributed by atoms with Gasteiger partial charge < -0.3 is 49.6 Å². The highest BCUT2D eigenvalue weighted by molar-refractivity contribution is 5.56. The summed E-state index contributed by atoms with van der Waals surface area (Å²) < 4.78 is 16.1. The molecule has 1 aliphatic rings. The van der Waals surface area contributed by atoms with E-state index in [9.17, 15) is 35.4 Å². The largest absolute Gasteiger partial charge is 0.388 e. The lowest BCUT2D eigenvalue weighted by molar-refractivity contribution is -0.308. The molecule has 1 saturated heterocycles. The van der Waals surface area contributed by atoms with Gasteiger partial charge in [-0.25, -0.2) is 0 Å². The second-order valence-corrected chi connectivity index (χ2v) is 7.38. The van der Waals surface area contributed by atoms with Gasteiger partial charge in [-0.15, -0.1) is 0 Å². The molecule has 10 nitrogen and oxygen atoms in total. The lowest BCUT2D eigenvalue weighted by Crippen LogP contribution is -2.59. The topological polar surface area (TPSA) is 166 Å². The first-order valence-corrected chi connectivity index (χ1v) is 10.2. The lowest BCUT2D eigenvalue weighted by Gasteiger charge is -2.40. The van der Waals surface area contributed by atoms with E-state index in [0.717, 1.165) is 19.3 Å². The first kappa shape index (κ1) is 26.3. The van der Waals surface area contributed by atoms with Gasteiger partial charge in [-0.1, -0.05) is 39.0 Å². The van der Waals surface area contributed by atoms with E-state index in [1.165, 1.54) is 19.3 Å². The van der Waals surface area contributed by atoms with Gasteiger partial charge in [-0.05, 0) is 6.42 Å². The summed E-state index contributed by atoms with van der Waals surface area (Å²) in [6.07, 6.45) is -5.41. The molecular formula is C19H36O10. The van der Waals surface area contributed by atoms with Crippen molar-refractivity contribution >= 4 is 6.29 Å². The van der Waals surface area contributed by atoms with E-state index in [1.807, 2.05) is 0 Å². The molecule has 0 bridgehead atoms. The molecule has 8 unspecified atom stereocenters. The zero-order valence-electron chi connectivity index (χ0n) is 16.9. The van der Waals surface area contributed by atoms with Crippen molar-refractivity contribution in [3.63, 3.8) is 0 Å². The van der Waals surface area contributed by atoms with Crippen molar-refractivity contribution in [2.75, 3.05) is 19.8 Å². The highest BCUT2D eigenvalue weighted by Gasteiger charge is 2.44. The number of hydrogen-bond donors (Lipinski definition) is 6. The average molecular weight is 424 g/mol. The van der Waals surface area contributed by atoms with E-state index >= 15 is 0 Å². The molecule has 0 aromatic carbocycles. The number of aliphatic hydroxyl groups is 6. The molecule has 172 valence electrons. The summed E-state index contributed by atoms with van der Waals surface area (Å²) >= 11 is 0. The molecule has 0 radical (unpaired) electrons. The molecular weight excluding hydrogens is 388 g/mol. The predicted octanol–water partition coefficient (Wildman–Crippen LogP) is -1.53. The monoisotopic (exact) mass is 424 g/mol. The maximum atomic E-state index is 10.4. The Morgan fingerprint density at radius 3 is 2.28 bits per heavy atom. The standard InChI is InChI=1S/C19H36O10/c1-2-3-4-5-6-7-8-27-11-14-16(24)17(25)18(26)19(29-14)28-10-13(22)15(23)12(21)9-20/h9,12-19,21-26H,2-8,10-11H2,1H3. The fraction of sp³-hybridized carbons (Fsp3) is 0.947. The maximum Gasteiger partial charge on any atom is 0.186 e. The van der Waals surface area contributed by atoms with E-state index < -0.39 is 55.6 Å². The molecule has 0 spiro atoms. The van der Waals surface area contributed by atoms with Crippen LogP contribution in [0.25, 0.3) is 0 Å². The summed E-state index contributed by atoms with van der Waals surface area (Å²) in [5.74, 6) is 0. The Balaban J connectivity index is 2.40. The van der Waals surface area contributed by atoms with E-state index in [0.29, 0.717) is 6.61 Å². The summed E-state index contributed by atoms with van der Waals surface area (Å²) in [5, 5.41) is 58.5. The minimum atomic E-state index is -1.79. The zero-order valence-corrected chi connectivity index (χ0v) is 16.9. The van der Waals surface area contributed by atoms with Crippen LogP contribution in [-0.4, -0.2) is 106 Å². The number of ether oxygens (including phenoxy) is 3. The van der Waals surface area contributed by atoms with Crippen molar-refractivity contribution in [3.8, 4) is 0 Å². The van der Waals surface area contributed by atoms with Crippen molar-refractivity contribution in [2.45, 2.75) is 94.5 Å². The third kappa shape index (κ3) is 8.91. The molecule has 1 rings (SSSR count). The summed E-state index contributed by atoms with van der Waals surface area (Å²) in [6.45, 7) is 2.02. The fourth-order valence-corrected chi connectivity index (χ4v) is 2.98. The molecule has 0 amide bonds. The maximum absolute atomic E-state index is 10.4. The molecule has 0 saturated carbocycles. The van der Waals surface area contributed by atoms with Crippen molar-refractivity contribution in [3.05, 3.63) is 0 Å². The van der Waals surface area contributed by atoms with Crippen molar-refractivity contribution in [1.29, 1.82) is 0 Å². The first-order chi connectivity index (χ1) is 13.8. The molecule has 6 N–H and O–H groups in total. The summed E-state index contributed by atoms with van der Waals surface area (Å²) in [6, 6.07) is 0. The van der Waals surface area contributed by atoms with Crippen LogP contribution in [0.15, 0.2) is 0 Å². The van der Waals surface area contributed by atoms with Gasteiger partial charge in [0.15, 0.2) is 12.6 Å². The van der Waals surface area contributed by atoms with Crippen LogP contribution in [-0.2, 0) is 19.0 Å². The Bertz CT molecular complexity index is 437. The molecule has 8 atom stereocenters. The van der Waals surface area contributed by atoms with Gasteiger partial charge in [0.2, 0.25) is 0 Å². The molecule has 0 aromatic heterocycles. The van der Waals surface area contributed by atoms with Crippen LogP contribution in [0.3, 0.4) is 0 Å². The van der Waals surface area contributed by atoms with Gasteiger partial charge in [-0.3, -0.25) is 0 Å². The van der Waals surface area contributed by atoms with Gasteiger partial charge in [0.25, 0.3) is 0 Å². The normalized spacial score (nSPS) is 30.7. The summed E-state index contributed by atoms with van der Waals surface area (Å²) in [7, 11) is 0. The van der Waals surface area contributed by atoms with Gasteiger partial charge in [0.05, 0.1) is 13.2 Å². The van der Waals surface area contributed by atoms with Crippen LogP contribution in [0.5, 0.6) is 0 Å². The van der Waals surface area contributed by atoms with Crippen LogP contribution in [0, 0.1) is 0 Å². The Hall–Kier alpha value is -0.690. The molecule has 10 heteroatoms. The number of hydrogen-bond acceptors (Lipinski definition) is 10.